The third-order valence-electron chi connectivity index (χ3n) is 7.73. The van der Waals surface area contributed by atoms with Crippen LogP contribution in [0, 0.1) is 5.92 Å². The van der Waals surface area contributed by atoms with Gasteiger partial charge in [-0.2, -0.15) is 26.3 Å². The van der Waals surface area contributed by atoms with E-state index >= 15 is 0 Å². The summed E-state index contributed by atoms with van der Waals surface area (Å²) in [6.07, 6.45) is -9.38. The number of amides is 3. The number of rotatable bonds is 6. The van der Waals surface area contributed by atoms with Gasteiger partial charge in [-0.25, -0.2) is 4.90 Å². The fourth-order valence-electron chi connectivity index (χ4n) is 5.62. The summed E-state index contributed by atoms with van der Waals surface area (Å²) in [5.74, 6) is -3.92. The molecule has 0 bridgehead atoms. The van der Waals surface area contributed by atoms with E-state index in [-0.39, 0.29) is 16.4 Å². The number of carbonyl (C=O) groups is 3. The van der Waals surface area contributed by atoms with E-state index < -0.39 is 69.7 Å². The van der Waals surface area contributed by atoms with Gasteiger partial charge >= 0.3 is 17.2 Å². The number of hydrogen-bond acceptors (Lipinski definition) is 7. The minimum atomic E-state index is -4.73. The Morgan fingerprint density at radius 1 is 0.872 bits per heavy atom. The number of thiazole rings is 1. The van der Waals surface area contributed by atoms with Crippen molar-refractivity contribution in [2.75, 3.05) is 17.3 Å². The SMILES string of the molecule is COc1ccc([C@@H]2c3sc(=O)n(CC(=O)Nc4cccc(C(F)(F)F)c4)c3SC3C(=O)N(c4cccc(C(F)(F)F)c4)C(=O)C32)cc1. The van der Waals surface area contributed by atoms with Crippen molar-refractivity contribution < 1.29 is 45.5 Å². The van der Waals surface area contributed by atoms with Crippen molar-refractivity contribution in [1.82, 2.24) is 4.57 Å². The second-order valence-electron chi connectivity index (χ2n) is 10.6. The number of anilines is 2. The lowest BCUT2D eigenvalue weighted by Gasteiger charge is -2.30. The molecule has 1 aromatic heterocycles. The maximum atomic E-state index is 14.0. The second-order valence-corrected chi connectivity index (χ2v) is 12.7. The average molecular weight is 694 g/mol. The summed E-state index contributed by atoms with van der Waals surface area (Å²) >= 11 is 1.58. The molecule has 6 rings (SSSR count). The van der Waals surface area contributed by atoms with E-state index in [1.165, 1.54) is 19.2 Å². The van der Waals surface area contributed by atoms with Crippen molar-refractivity contribution in [2.45, 2.75) is 35.1 Å². The lowest BCUT2D eigenvalue weighted by Crippen LogP contribution is -2.33. The van der Waals surface area contributed by atoms with E-state index in [1.807, 2.05) is 0 Å². The normalized spacial score (nSPS) is 19.4. The molecular weight excluding hydrogens is 672 g/mol. The molecule has 2 unspecified atom stereocenters. The molecule has 0 aliphatic carbocycles. The molecule has 8 nitrogen and oxygen atoms in total. The Bertz CT molecular complexity index is 1950. The third kappa shape index (κ3) is 6.02. The van der Waals surface area contributed by atoms with Gasteiger partial charge in [-0.1, -0.05) is 47.4 Å². The monoisotopic (exact) mass is 693 g/mol. The maximum absolute atomic E-state index is 14.0. The van der Waals surface area contributed by atoms with Crippen LogP contribution in [0.2, 0.25) is 0 Å². The van der Waals surface area contributed by atoms with Crippen molar-refractivity contribution in [3.8, 4) is 5.75 Å². The van der Waals surface area contributed by atoms with Crippen LogP contribution >= 0.6 is 23.1 Å². The summed E-state index contributed by atoms with van der Waals surface area (Å²) < 4.78 is 86.3. The number of benzene rings is 3. The molecule has 3 aromatic carbocycles. The van der Waals surface area contributed by atoms with Crippen LogP contribution in [0.15, 0.2) is 82.6 Å². The maximum Gasteiger partial charge on any atom is 0.416 e. The van der Waals surface area contributed by atoms with Crippen molar-refractivity contribution >= 4 is 52.2 Å². The third-order valence-corrected chi connectivity index (χ3v) is 10.3. The molecule has 0 saturated carbocycles. The van der Waals surface area contributed by atoms with Crippen LogP contribution in [-0.4, -0.2) is 34.6 Å². The van der Waals surface area contributed by atoms with Crippen molar-refractivity contribution in [1.29, 1.82) is 0 Å². The number of thioether (sulfide) groups is 1. The molecule has 3 amide bonds. The van der Waals surface area contributed by atoms with Crippen LogP contribution in [-0.2, 0) is 33.3 Å². The van der Waals surface area contributed by atoms with Crippen LogP contribution in [0.4, 0.5) is 37.7 Å². The molecule has 3 atom stereocenters. The van der Waals surface area contributed by atoms with Gasteiger partial charge in [-0.15, -0.1) is 0 Å². The molecule has 16 heteroatoms. The Hall–Kier alpha value is -4.57. The van der Waals surface area contributed by atoms with E-state index in [2.05, 4.69) is 5.32 Å². The highest BCUT2D eigenvalue weighted by molar-refractivity contribution is 8.00. The number of nitrogens with zero attached hydrogens (tertiary/aromatic N) is 2. The second kappa shape index (κ2) is 11.9. The minimum Gasteiger partial charge on any atom is -0.497 e. The highest BCUT2D eigenvalue weighted by Crippen LogP contribution is 2.54. The molecule has 1 fully saturated rings. The molecule has 3 heterocycles. The van der Waals surface area contributed by atoms with E-state index in [0.29, 0.717) is 27.2 Å². The van der Waals surface area contributed by atoms with Crippen molar-refractivity contribution in [3.05, 3.63) is 104 Å². The molecule has 47 heavy (non-hydrogen) atoms. The summed E-state index contributed by atoms with van der Waals surface area (Å²) in [5.41, 5.74) is -1.95. The first-order valence-electron chi connectivity index (χ1n) is 13.7. The van der Waals surface area contributed by atoms with Crippen molar-refractivity contribution in [2.24, 2.45) is 5.92 Å². The number of fused-ring (bicyclic) bond motifs is 2. The number of alkyl halides is 6. The van der Waals surface area contributed by atoms with E-state index in [9.17, 15) is 45.5 Å². The smallest absolute Gasteiger partial charge is 0.416 e. The number of aromatic nitrogens is 1. The van der Waals surface area contributed by atoms with E-state index in [1.54, 1.807) is 24.3 Å². The number of imide groups is 1. The van der Waals surface area contributed by atoms with Gasteiger partial charge in [0.2, 0.25) is 17.7 Å². The highest BCUT2D eigenvalue weighted by atomic mass is 32.2. The zero-order valence-electron chi connectivity index (χ0n) is 23.9. The van der Waals surface area contributed by atoms with E-state index in [4.69, 9.17) is 4.74 Å². The topological polar surface area (TPSA) is 97.7 Å². The van der Waals surface area contributed by atoms with Crippen LogP contribution in [0.3, 0.4) is 0 Å². The van der Waals surface area contributed by atoms with Gasteiger partial charge in [0, 0.05) is 16.5 Å². The van der Waals surface area contributed by atoms with Crippen LogP contribution in [0.5, 0.6) is 5.75 Å². The van der Waals surface area contributed by atoms with Crippen LogP contribution < -0.4 is 19.8 Å². The number of halogens is 6. The predicted molar refractivity (Wildman–Crippen MR) is 161 cm³/mol. The van der Waals surface area contributed by atoms with Gasteiger partial charge < -0.3 is 10.1 Å². The minimum absolute atomic E-state index is 0.154. The fourth-order valence-corrected chi connectivity index (χ4v) is 8.39. The average Bonchev–Trinajstić information content (AvgIpc) is 3.46. The molecule has 244 valence electrons. The molecule has 0 spiro atoms. The molecule has 1 N–H and O–H groups in total. The lowest BCUT2D eigenvalue weighted by atomic mass is 9.83. The number of nitrogens with one attached hydrogen (secondary N) is 1. The predicted octanol–water partition coefficient (Wildman–Crippen LogP) is 6.39. The number of hydrogen-bond donors (Lipinski definition) is 1. The van der Waals surface area contributed by atoms with Gasteiger partial charge in [0.05, 0.1) is 34.9 Å². The zero-order chi connectivity index (χ0) is 33.8. The summed E-state index contributed by atoms with van der Waals surface area (Å²) in [4.78, 5) is 54.5. The van der Waals surface area contributed by atoms with Crippen LogP contribution in [0.25, 0.3) is 0 Å². The van der Waals surface area contributed by atoms with Crippen molar-refractivity contribution in [3.63, 3.8) is 0 Å². The Balaban J connectivity index is 1.39. The molecule has 2 aliphatic rings. The van der Waals surface area contributed by atoms with Gasteiger partial charge in [-0.05, 0) is 54.1 Å². The van der Waals surface area contributed by atoms with Gasteiger partial charge in [0.1, 0.15) is 17.5 Å². The lowest BCUT2D eigenvalue weighted by molar-refractivity contribution is -0.138. The first-order chi connectivity index (χ1) is 22.2. The summed E-state index contributed by atoms with van der Waals surface area (Å²) in [5, 5.41) is 1.36. The summed E-state index contributed by atoms with van der Waals surface area (Å²) in [6, 6.07) is 14.3. The quantitative estimate of drug-likeness (QED) is 0.186. The Morgan fingerprint density at radius 3 is 2.15 bits per heavy atom. The molecule has 4 aromatic rings. The van der Waals surface area contributed by atoms with E-state index in [0.717, 1.165) is 58.0 Å². The Labute approximate surface area is 269 Å². The van der Waals surface area contributed by atoms with Gasteiger partial charge in [-0.3, -0.25) is 23.7 Å². The molecule has 0 radical (unpaired) electrons. The Morgan fingerprint density at radius 2 is 1.51 bits per heavy atom. The largest absolute Gasteiger partial charge is 0.497 e. The van der Waals surface area contributed by atoms with Gasteiger partial charge in [0.15, 0.2) is 0 Å². The highest BCUT2D eigenvalue weighted by Gasteiger charge is 2.57. The number of ether oxygens (including phenoxy) is 1. The first-order valence-corrected chi connectivity index (χ1v) is 15.4. The van der Waals surface area contributed by atoms with Crippen LogP contribution in [0.1, 0.15) is 27.5 Å². The standard InChI is InChI=1S/C31H21F6N3O5S2/c1-45-20-10-8-15(9-11-20)22-23-24(27(43)40(26(23)42)19-7-3-5-17(13-19)31(35,36)37)46-28-25(22)47-29(44)39(28)14-21(41)38-18-6-2-4-16(12-18)30(32,33)34/h2-13,22-24H,14H2,1H3,(H,38,41)/t22-,23?,24?/m0/s1. The Kier molecular flexibility index (Phi) is 8.20. The molecular formula is C31H21F6N3O5S2. The summed E-state index contributed by atoms with van der Waals surface area (Å²) in [7, 11) is 1.45. The molecule has 1 saturated heterocycles. The molecule has 2 aliphatic heterocycles. The number of methoxy groups -OCH3 is 1. The fraction of sp³-hybridized carbons (Fsp3) is 0.226. The van der Waals surface area contributed by atoms with Gasteiger partial charge in [0.25, 0.3) is 0 Å². The first kappa shape index (κ1) is 32.4. The zero-order valence-corrected chi connectivity index (χ0v) is 25.5. The summed E-state index contributed by atoms with van der Waals surface area (Å²) in [6.45, 7) is -0.625. The number of carbonyl (C=O) groups excluding carboxylic acids is 3.